The van der Waals surface area contributed by atoms with Gasteiger partial charge in [0.15, 0.2) is 0 Å². The summed E-state index contributed by atoms with van der Waals surface area (Å²) in [6.45, 7) is 6.04. The van der Waals surface area contributed by atoms with Crippen molar-refractivity contribution in [3.8, 4) is 0 Å². The molecule has 1 aliphatic heterocycles. The molecule has 0 aromatic carbocycles. The molecular formula is C14H19ClN2O2. The molecule has 1 aromatic heterocycles. The first-order valence-electron chi connectivity index (χ1n) is 6.65. The number of aromatic nitrogens is 1. The van der Waals surface area contributed by atoms with Gasteiger partial charge in [-0.15, -0.1) is 0 Å². The van der Waals surface area contributed by atoms with Crippen molar-refractivity contribution < 1.29 is 9.53 Å². The molecule has 0 bridgehead atoms. The van der Waals surface area contributed by atoms with Crippen LogP contribution in [0.4, 0.5) is 5.69 Å². The number of nitrogens with zero attached hydrogens (tertiary/aromatic N) is 2. The summed E-state index contributed by atoms with van der Waals surface area (Å²) in [7, 11) is 0. The van der Waals surface area contributed by atoms with Gasteiger partial charge in [0, 0.05) is 13.1 Å². The molecular weight excluding hydrogens is 264 g/mol. The lowest BCUT2D eigenvalue weighted by Crippen LogP contribution is -2.37. The molecule has 0 spiro atoms. The number of carbonyl (C=O) groups excluding carboxylic acids is 1. The molecule has 19 heavy (non-hydrogen) atoms. The predicted molar refractivity (Wildman–Crippen MR) is 75.6 cm³/mol. The van der Waals surface area contributed by atoms with E-state index in [-0.39, 0.29) is 11.9 Å². The van der Waals surface area contributed by atoms with Gasteiger partial charge in [-0.1, -0.05) is 11.6 Å². The third kappa shape index (κ3) is 3.38. The second-order valence-electron chi connectivity index (χ2n) is 4.81. The molecule has 1 saturated heterocycles. The van der Waals surface area contributed by atoms with Gasteiger partial charge in [-0.3, -0.25) is 4.79 Å². The van der Waals surface area contributed by atoms with Gasteiger partial charge >= 0.3 is 5.97 Å². The summed E-state index contributed by atoms with van der Waals surface area (Å²) in [5.41, 5.74) is 2.22. The molecule has 2 rings (SSSR count). The van der Waals surface area contributed by atoms with Crippen LogP contribution in [0.5, 0.6) is 0 Å². The Balaban J connectivity index is 1.98. The van der Waals surface area contributed by atoms with E-state index in [0.717, 1.165) is 37.2 Å². The summed E-state index contributed by atoms with van der Waals surface area (Å²) in [6, 6.07) is 1.87. The van der Waals surface area contributed by atoms with Gasteiger partial charge in [-0.25, -0.2) is 4.98 Å². The van der Waals surface area contributed by atoms with E-state index >= 15 is 0 Å². The van der Waals surface area contributed by atoms with Crippen LogP contribution in [0, 0.1) is 12.8 Å². The number of hydrogen-bond acceptors (Lipinski definition) is 4. The van der Waals surface area contributed by atoms with E-state index in [1.54, 1.807) is 0 Å². The lowest BCUT2D eigenvalue weighted by Gasteiger charge is -2.33. The molecule has 0 radical (unpaired) electrons. The first-order chi connectivity index (χ1) is 9.11. The Labute approximate surface area is 118 Å². The van der Waals surface area contributed by atoms with E-state index < -0.39 is 0 Å². The number of esters is 1. The van der Waals surface area contributed by atoms with Gasteiger partial charge in [0.25, 0.3) is 0 Å². The van der Waals surface area contributed by atoms with Crippen molar-refractivity contribution in [1.29, 1.82) is 0 Å². The molecule has 0 aliphatic carbocycles. The van der Waals surface area contributed by atoms with Gasteiger partial charge in [0.05, 0.1) is 24.4 Å². The van der Waals surface area contributed by atoms with E-state index in [2.05, 4.69) is 9.88 Å². The topological polar surface area (TPSA) is 42.4 Å². The number of halogens is 1. The molecule has 2 heterocycles. The van der Waals surface area contributed by atoms with Crippen molar-refractivity contribution in [2.24, 2.45) is 5.92 Å². The number of hydrogen-bond donors (Lipinski definition) is 0. The van der Waals surface area contributed by atoms with Crippen LogP contribution in [-0.4, -0.2) is 30.6 Å². The standard InChI is InChI=1S/C14H19ClN2O2/c1-3-19-14(18)11-4-6-17(7-5-11)12-9-16-13(15)8-10(12)2/h8-9,11H,3-7H2,1-2H3. The normalized spacial score (nSPS) is 16.5. The minimum Gasteiger partial charge on any atom is -0.466 e. The number of rotatable bonds is 3. The fourth-order valence-corrected chi connectivity index (χ4v) is 2.67. The lowest BCUT2D eigenvalue weighted by atomic mass is 9.96. The molecule has 0 unspecified atom stereocenters. The smallest absolute Gasteiger partial charge is 0.309 e. The second kappa shape index (κ2) is 6.24. The summed E-state index contributed by atoms with van der Waals surface area (Å²) in [4.78, 5) is 18.1. The first-order valence-corrected chi connectivity index (χ1v) is 7.03. The van der Waals surface area contributed by atoms with Crippen molar-refractivity contribution in [3.63, 3.8) is 0 Å². The summed E-state index contributed by atoms with van der Waals surface area (Å²) in [5.74, 6) is -0.0233. The van der Waals surface area contributed by atoms with E-state index in [4.69, 9.17) is 16.3 Å². The Morgan fingerprint density at radius 1 is 1.53 bits per heavy atom. The van der Waals surface area contributed by atoms with Crippen LogP contribution in [0.1, 0.15) is 25.3 Å². The summed E-state index contributed by atoms with van der Waals surface area (Å²) in [6.07, 6.45) is 3.48. The maximum absolute atomic E-state index is 11.7. The van der Waals surface area contributed by atoms with Gasteiger partial charge in [0.1, 0.15) is 5.15 Å². The number of anilines is 1. The van der Waals surface area contributed by atoms with E-state index in [1.165, 1.54) is 0 Å². The predicted octanol–water partition coefficient (Wildman–Crippen LogP) is 2.82. The molecule has 0 amide bonds. The van der Waals surface area contributed by atoms with Crippen molar-refractivity contribution in [1.82, 2.24) is 4.98 Å². The van der Waals surface area contributed by atoms with Crippen LogP contribution in [0.2, 0.25) is 5.15 Å². The average molecular weight is 283 g/mol. The minimum absolute atomic E-state index is 0.0387. The van der Waals surface area contributed by atoms with Crippen molar-refractivity contribution in [2.45, 2.75) is 26.7 Å². The molecule has 4 nitrogen and oxygen atoms in total. The third-order valence-electron chi connectivity index (χ3n) is 3.51. The average Bonchev–Trinajstić information content (AvgIpc) is 2.39. The van der Waals surface area contributed by atoms with Gasteiger partial charge < -0.3 is 9.64 Å². The molecule has 0 N–H and O–H groups in total. The highest BCUT2D eigenvalue weighted by Crippen LogP contribution is 2.27. The highest BCUT2D eigenvalue weighted by Gasteiger charge is 2.26. The van der Waals surface area contributed by atoms with Crippen LogP contribution >= 0.6 is 11.6 Å². The number of pyridine rings is 1. The highest BCUT2D eigenvalue weighted by molar-refractivity contribution is 6.29. The zero-order chi connectivity index (χ0) is 13.8. The van der Waals surface area contributed by atoms with Crippen LogP contribution in [0.3, 0.4) is 0 Å². The maximum Gasteiger partial charge on any atom is 0.309 e. The zero-order valence-electron chi connectivity index (χ0n) is 11.4. The van der Waals surface area contributed by atoms with E-state index in [0.29, 0.717) is 11.8 Å². The van der Waals surface area contributed by atoms with E-state index in [9.17, 15) is 4.79 Å². The molecule has 0 atom stereocenters. The summed E-state index contributed by atoms with van der Waals surface area (Å²) < 4.78 is 5.07. The molecule has 5 heteroatoms. The molecule has 1 aromatic rings. The highest BCUT2D eigenvalue weighted by atomic mass is 35.5. The van der Waals surface area contributed by atoms with Gasteiger partial charge in [-0.2, -0.15) is 0 Å². The largest absolute Gasteiger partial charge is 0.466 e. The van der Waals surface area contributed by atoms with Gasteiger partial charge in [0.2, 0.25) is 0 Å². The Bertz CT molecular complexity index is 457. The van der Waals surface area contributed by atoms with Gasteiger partial charge in [-0.05, 0) is 38.3 Å². The molecule has 0 saturated carbocycles. The fourth-order valence-electron chi connectivity index (χ4n) is 2.46. The Kier molecular flexibility index (Phi) is 4.64. The summed E-state index contributed by atoms with van der Waals surface area (Å²) in [5, 5.41) is 0.516. The quantitative estimate of drug-likeness (QED) is 0.631. The van der Waals surface area contributed by atoms with Crippen LogP contribution in [0.15, 0.2) is 12.3 Å². The van der Waals surface area contributed by atoms with Crippen LogP contribution < -0.4 is 4.90 Å². The Morgan fingerprint density at radius 2 is 2.21 bits per heavy atom. The first kappa shape index (κ1) is 14.1. The zero-order valence-corrected chi connectivity index (χ0v) is 12.1. The number of aryl methyl sites for hydroxylation is 1. The number of ether oxygens (including phenoxy) is 1. The molecule has 1 fully saturated rings. The maximum atomic E-state index is 11.7. The number of piperidine rings is 1. The summed E-state index contributed by atoms with van der Waals surface area (Å²) >= 11 is 5.86. The minimum atomic E-state index is -0.0619. The third-order valence-corrected chi connectivity index (χ3v) is 3.71. The monoisotopic (exact) mass is 282 g/mol. The van der Waals surface area contributed by atoms with E-state index in [1.807, 2.05) is 26.1 Å². The van der Waals surface area contributed by atoms with Crippen LogP contribution in [-0.2, 0) is 9.53 Å². The van der Waals surface area contributed by atoms with Crippen LogP contribution in [0.25, 0.3) is 0 Å². The lowest BCUT2D eigenvalue weighted by molar-refractivity contribution is -0.148. The van der Waals surface area contributed by atoms with Crippen molar-refractivity contribution in [2.75, 3.05) is 24.6 Å². The van der Waals surface area contributed by atoms with Crippen molar-refractivity contribution in [3.05, 3.63) is 23.0 Å². The Hall–Kier alpha value is -1.29. The fraction of sp³-hybridized carbons (Fsp3) is 0.571. The Morgan fingerprint density at radius 3 is 2.79 bits per heavy atom. The molecule has 1 aliphatic rings. The second-order valence-corrected chi connectivity index (χ2v) is 5.19. The SMILES string of the molecule is CCOC(=O)C1CCN(c2cnc(Cl)cc2C)CC1. The molecule has 104 valence electrons. The number of carbonyl (C=O) groups is 1. The van der Waals surface area contributed by atoms with Crippen molar-refractivity contribution >= 4 is 23.3 Å².